The van der Waals surface area contributed by atoms with Gasteiger partial charge in [-0.15, -0.1) is 11.8 Å². The average molecular weight is 591 g/mol. The highest BCUT2D eigenvalue weighted by atomic mass is 32.2. The molecule has 5 rings (SSSR count). The van der Waals surface area contributed by atoms with Gasteiger partial charge in [-0.3, -0.25) is 14.8 Å². The molecule has 9 nitrogen and oxygen atoms in total. The van der Waals surface area contributed by atoms with Crippen molar-refractivity contribution < 1.29 is 23.9 Å². The van der Waals surface area contributed by atoms with E-state index in [-0.39, 0.29) is 5.70 Å². The number of nitrogens with zero attached hydrogens (tertiary/aromatic N) is 2. The van der Waals surface area contributed by atoms with E-state index in [1.54, 1.807) is 33.2 Å². The molecular formula is C30H30N4O5S2. The van der Waals surface area contributed by atoms with Crippen LogP contribution in [0, 0.1) is 0 Å². The lowest BCUT2D eigenvalue weighted by Gasteiger charge is -2.49. The number of aromatic nitrogens is 2. The van der Waals surface area contributed by atoms with Crippen molar-refractivity contribution >= 4 is 41.5 Å². The molecule has 1 aromatic heterocycles. The van der Waals surface area contributed by atoms with Crippen molar-refractivity contribution in [2.75, 3.05) is 5.75 Å². The molecule has 0 spiro atoms. The van der Waals surface area contributed by atoms with Crippen molar-refractivity contribution in [1.29, 1.82) is 0 Å². The highest BCUT2D eigenvalue weighted by Crippen LogP contribution is 2.42. The standard InChI is InChI=1S/C30H30N4O5S2/c1-30(2,3)39-29(37)33-23-26(35)34-24(21(18-41-27(23)34)14-15-40-22-16-31-32-17-22)28(36)38-25(19-10-6-4-7-11-19)20-12-8-5-9-13-20/h4-17,23,25,27H,18H2,1-3H3,(H,31,32)(H,33,37)/t23-,27-/m1/s1. The van der Waals surface area contributed by atoms with E-state index >= 15 is 0 Å². The van der Waals surface area contributed by atoms with E-state index in [4.69, 9.17) is 9.47 Å². The molecule has 2 N–H and O–H groups in total. The third kappa shape index (κ3) is 6.68. The Morgan fingerprint density at radius 3 is 2.37 bits per heavy atom. The summed E-state index contributed by atoms with van der Waals surface area (Å²) in [6, 6.07) is 18.1. The molecule has 41 heavy (non-hydrogen) atoms. The molecule has 1 fully saturated rings. The van der Waals surface area contributed by atoms with Crippen LogP contribution in [-0.4, -0.2) is 55.8 Å². The molecule has 2 aliphatic rings. The van der Waals surface area contributed by atoms with Crippen molar-refractivity contribution in [3.63, 3.8) is 0 Å². The maximum Gasteiger partial charge on any atom is 0.408 e. The summed E-state index contributed by atoms with van der Waals surface area (Å²) in [5.74, 6) is -0.579. The second kappa shape index (κ2) is 12.3. The monoisotopic (exact) mass is 590 g/mol. The highest BCUT2D eigenvalue weighted by molar-refractivity contribution is 8.02. The fourth-order valence-electron chi connectivity index (χ4n) is 4.44. The maximum absolute atomic E-state index is 14.0. The topological polar surface area (TPSA) is 114 Å². The Kier molecular flexibility index (Phi) is 8.55. The van der Waals surface area contributed by atoms with Crippen LogP contribution in [-0.2, 0) is 19.1 Å². The first-order valence-electron chi connectivity index (χ1n) is 13.0. The van der Waals surface area contributed by atoms with E-state index in [9.17, 15) is 14.4 Å². The molecule has 11 heteroatoms. The quantitative estimate of drug-likeness (QED) is 0.203. The van der Waals surface area contributed by atoms with E-state index in [1.807, 2.05) is 72.1 Å². The van der Waals surface area contributed by atoms with Crippen LogP contribution in [0.3, 0.4) is 0 Å². The molecule has 2 aliphatic heterocycles. The molecule has 0 aliphatic carbocycles. The fraction of sp³-hybridized carbons (Fsp3) is 0.267. The van der Waals surface area contributed by atoms with E-state index in [2.05, 4.69) is 15.5 Å². The van der Waals surface area contributed by atoms with Gasteiger partial charge in [0.2, 0.25) is 0 Å². The summed E-state index contributed by atoms with van der Waals surface area (Å²) in [7, 11) is 0. The molecule has 2 atom stereocenters. The Morgan fingerprint density at radius 2 is 1.78 bits per heavy atom. The largest absolute Gasteiger partial charge is 0.448 e. The lowest BCUT2D eigenvalue weighted by Crippen LogP contribution is -2.70. The minimum atomic E-state index is -0.817. The van der Waals surface area contributed by atoms with Crippen LogP contribution >= 0.6 is 23.5 Å². The molecule has 0 radical (unpaired) electrons. The van der Waals surface area contributed by atoms with Crippen LogP contribution in [0.1, 0.15) is 38.0 Å². The number of amides is 2. The molecule has 0 saturated carbocycles. The van der Waals surface area contributed by atoms with Crippen molar-refractivity contribution in [2.45, 2.75) is 48.8 Å². The lowest BCUT2D eigenvalue weighted by molar-refractivity contribution is -0.153. The molecule has 0 bridgehead atoms. The van der Waals surface area contributed by atoms with Gasteiger partial charge in [-0.05, 0) is 49.0 Å². The number of benzene rings is 2. The number of ether oxygens (including phenoxy) is 2. The number of carbonyl (C=O) groups is 3. The lowest BCUT2D eigenvalue weighted by atomic mass is 10.0. The van der Waals surface area contributed by atoms with Crippen LogP contribution in [0.4, 0.5) is 4.79 Å². The van der Waals surface area contributed by atoms with Gasteiger partial charge >= 0.3 is 12.1 Å². The van der Waals surface area contributed by atoms with Crippen LogP contribution < -0.4 is 5.32 Å². The number of esters is 1. The number of aromatic amines is 1. The number of alkyl carbamates (subject to hydrolysis) is 1. The number of β-lactam (4-membered cyclic amide) rings is 1. The number of thioether (sulfide) groups is 2. The van der Waals surface area contributed by atoms with Gasteiger partial charge < -0.3 is 14.8 Å². The van der Waals surface area contributed by atoms with Crippen LogP contribution in [0.15, 0.2) is 101 Å². The fourth-order valence-corrected chi connectivity index (χ4v) is 6.38. The molecular weight excluding hydrogens is 560 g/mol. The molecule has 3 aromatic rings. The highest BCUT2D eigenvalue weighted by Gasteiger charge is 2.54. The van der Waals surface area contributed by atoms with Gasteiger partial charge in [0, 0.05) is 16.8 Å². The summed E-state index contributed by atoms with van der Waals surface area (Å²) in [5.41, 5.74) is 1.72. The Hall–Kier alpha value is -3.96. The second-order valence-electron chi connectivity index (χ2n) is 10.4. The van der Waals surface area contributed by atoms with Gasteiger partial charge in [-0.25, -0.2) is 9.59 Å². The van der Waals surface area contributed by atoms with Gasteiger partial charge in [0.05, 0.1) is 6.20 Å². The van der Waals surface area contributed by atoms with Crippen molar-refractivity contribution in [1.82, 2.24) is 20.4 Å². The number of hydrogen-bond acceptors (Lipinski definition) is 8. The smallest absolute Gasteiger partial charge is 0.408 e. The Balaban J connectivity index is 1.44. The van der Waals surface area contributed by atoms with Crippen LogP contribution in [0.5, 0.6) is 0 Å². The first kappa shape index (κ1) is 28.6. The first-order valence-corrected chi connectivity index (χ1v) is 14.9. The minimum Gasteiger partial charge on any atom is -0.448 e. The van der Waals surface area contributed by atoms with E-state index < -0.39 is 41.1 Å². The number of nitrogens with one attached hydrogen (secondary N) is 2. The summed E-state index contributed by atoms with van der Waals surface area (Å²) in [6.45, 7) is 5.26. The number of rotatable bonds is 8. The predicted octanol–water partition coefficient (Wildman–Crippen LogP) is 5.41. The minimum absolute atomic E-state index is 0.168. The molecule has 0 unspecified atom stereocenters. The molecule has 1 saturated heterocycles. The molecule has 212 valence electrons. The van der Waals surface area contributed by atoms with Gasteiger partial charge in [-0.2, -0.15) is 5.10 Å². The predicted molar refractivity (Wildman–Crippen MR) is 158 cm³/mol. The zero-order valence-corrected chi connectivity index (χ0v) is 24.4. The van der Waals surface area contributed by atoms with Crippen molar-refractivity contribution in [3.05, 3.63) is 107 Å². The number of hydrogen-bond donors (Lipinski definition) is 2. The number of carbonyl (C=O) groups excluding carboxylic acids is 3. The van der Waals surface area contributed by atoms with Crippen molar-refractivity contribution in [2.24, 2.45) is 0 Å². The molecule has 2 amide bonds. The zero-order chi connectivity index (χ0) is 29.0. The first-order chi connectivity index (χ1) is 19.7. The van der Waals surface area contributed by atoms with Gasteiger partial charge in [0.1, 0.15) is 22.7 Å². The number of fused-ring (bicyclic) bond motifs is 1. The number of allylic oxidation sites excluding steroid dienone is 1. The Bertz CT molecular complexity index is 1410. The average Bonchev–Trinajstić information content (AvgIpc) is 3.48. The number of H-pyrrole nitrogens is 1. The normalized spacial score (nSPS) is 18.7. The Labute approximate surface area is 246 Å². The van der Waals surface area contributed by atoms with E-state index in [0.717, 1.165) is 16.0 Å². The van der Waals surface area contributed by atoms with Crippen LogP contribution in [0.25, 0.3) is 0 Å². The maximum atomic E-state index is 14.0. The molecule has 3 heterocycles. The van der Waals surface area contributed by atoms with Crippen LogP contribution in [0.2, 0.25) is 0 Å². The van der Waals surface area contributed by atoms with E-state index in [0.29, 0.717) is 11.3 Å². The van der Waals surface area contributed by atoms with Crippen molar-refractivity contribution in [3.8, 4) is 0 Å². The third-order valence-electron chi connectivity index (χ3n) is 6.24. The second-order valence-corrected chi connectivity index (χ2v) is 12.5. The van der Waals surface area contributed by atoms with Gasteiger partial charge in [0.15, 0.2) is 6.10 Å². The SMILES string of the molecule is CC(C)(C)OC(=O)N[C@@H]1C(=O)N2C(C(=O)OC(c3ccccc3)c3ccccc3)=C(C=CSc3cn[nH]c3)CS[C@H]12. The summed E-state index contributed by atoms with van der Waals surface area (Å²) in [5, 5.41) is 10.8. The van der Waals surface area contributed by atoms with Gasteiger partial charge in [-0.1, -0.05) is 72.4 Å². The summed E-state index contributed by atoms with van der Waals surface area (Å²) in [6.07, 6.45) is 3.92. The van der Waals surface area contributed by atoms with E-state index in [1.165, 1.54) is 28.4 Å². The zero-order valence-electron chi connectivity index (χ0n) is 22.8. The summed E-state index contributed by atoms with van der Waals surface area (Å²) in [4.78, 5) is 42.1. The Morgan fingerprint density at radius 1 is 1.12 bits per heavy atom. The summed E-state index contributed by atoms with van der Waals surface area (Å²) < 4.78 is 11.5. The summed E-state index contributed by atoms with van der Waals surface area (Å²) >= 11 is 2.89. The third-order valence-corrected chi connectivity index (χ3v) is 8.31. The van der Waals surface area contributed by atoms with Gasteiger partial charge in [0.25, 0.3) is 5.91 Å². The molecule has 2 aromatic carbocycles.